The molecular weight excluding hydrogens is 322 g/mol. The average molecular weight is 336 g/mol. The number of aromatic amines is 1. The SMILES string of the molecule is N#Cc1ccccc1NC(=O)C1(c2c[nH]c3ccc(Cl)cc23)CC1. The predicted molar refractivity (Wildman–Crippen MR) is 94.0 cm³/mol. The minimum atomic E-state index is -0.550. The van der Waals surface area contributed by atoms with Gasteiger partial charge in [0, 0.05) is 22.1 Å². The second-order valence-corrected chi connectivity index (χ2v) is 6.52. The molecular formula is C19H14ClN3O. The van der Waals surface area contributed by atoms with Crippen molar-refractivity contribution in [3.05, 3.63) is 64.8 Å². The third-order valence-corrected chi connectivity index (χ3v) is 4.87. The van der Waals surface area contributed by atoms with Gasteiger partial charge in [-0.3, -0.25) is 4.79 Å². The van der Waals surface area contributed by atoms with Crippen molar-refractivity contribution in [3.63, 3.8) is 0 Å². The van der Waals surface area contributed by atoms with Gasteiger partial charge in [-0.15, -0.1) is 0 Å². The Bertz CT molecular complexity index is 995. The highest BCUT2D eigenvalue weighted by Crippen LogP contribution is 2.51. The first-order chi connectivity index (χ1) is 11.6. The van der Waals surface area contributed by atoms with E-state index in [4.69, 9.17) is 11.6 Å². The second kappa shape index (κ2) is 5.40. The Kier molecular flexibility index (Phi) is 3.33. The molecule has 1 aliphatic carbocycles. The van der Waals surface area contributed by atoms with Crippen molar-refractivity contribution in [3.8, 4) is 6.07 Å². The lowest BCUT2D eigenvalue weighted by Crippen LogP contribution is -2.28. The maximum Gasteiger partial charge on any atom is 0.235 e. The average Bonchev–Trinajstić information content (AvgIpc) is 3.30. The molecule has 0 saturated heterocycles. The Labute approximate surface area is 144 Å². The van der Waals surface area contributed by atoms with Crippen molar-refractivity contribution in [2.75, 3.05) is 5.32 Å². The number of anilines is 1. The van der Waals surface area contributed by atoms with E-state index >= 15 is 0 Å². The van der Waals surface area contributed by atoms with Gasteiger partial charge in [0.05, 0.1) is 16.7 Å². The first-order valence-electron chi connectivity index (χ1n) is 7.72. The molecule has 1 aromatic heterocycles. The number of nitrogens with zero attached hydrogens (tertiary/aromatic N) is 1. The highest BCUT2D eigenvalue weighted by molar-refractivity contribution is 6.31. The van der Waals surface area contributed by atoms with Crippen molar-refractivity contribution < 1.29 is 4.79 Å². The Morgan fingerprint density at radius 2 is 2.04 bits per heavy atom. The molecule has 0 spiro atoms. The number of rotatable bonds is 3. The van der Waals surface area contributed by atoms with Crippen LogP contribution in [0.1, 0.15) is 24.0 Å². The van der Waals surface area contributed by atoms with Crippen molar-refractivity contribution in [1.29, 1.82) is 5.26 Å². The summed E-state index contributed by atoms with van der Waals surface area (Å²) in [7, 11) is 0. The van der Waals surface area contributed by atoms with Gasteiger partial charge < -0.3 is 10.3 Å². The van der Waals surface area contributed by atoms with Crippen LogP contribution >= 0.6 is 11.6 Å². The lowest BCUT2D eigenvalue weighted by molar-refractivity contribution is -0.118. The molecule has 0 unspecified atom stereocenters. The molecule has 1 heterocycles. The van der Waals surface area contributed by atoms with Crippen LogP contribution in [0, 0.1) is 11.3 Å². The number of halogens is 1. The number of hydrogen-bond donors (Lipinski definition) is 2. The van der Waals surface area contributed by atoms with E-state index in [1.807, 2.05) is 30.5 Å². The zero-order chi connectivity index (χ0) is 16.7. The molecule has 0 radical (unpaired) electrons. The summed E-state index contributed by atoms with van der Waals surface area (Å²) in [6.07, 6.45) is 3.46. The lowest BCUT2D eigenvalue weighted by atomic mass is 9.94. The van der Waals surface area contributed by atoms with E-state index in [0.717, 1.165) is 29.3 Å². The van der Waals surface area contributed by atoms with E-state index in [-0.39, 0.29) is 5.91 Å². The molecule has 118 valence electrons. The summed E-state index contributed by atoms with van der Waals surface area (Å²) in [5.41, 5.74) is 2.39. The number of amides is 1. The van der Waals surface area contributed by atoms with Crippen LogP contribution in [0.15, 0.2) is 48.7 Å². The maximum atomic E-state index is 12.9. The largest absolute Gasteiger partial charge is 0.361 e. The molecule has 1 fully saturated rings. The summed E-state index contributed by atoms with van der Waals surface area (Å²) in [6, 6.07) is 14.8. The van der Waals surface area contributed by atoms with E-state index in [2.05, 4.69) is 16.4 Å². The van der Waals surface area contributed by atoms with E-state index in [1.54, 1.807) is 18.2 Å². The number of aromatic nitrogens is 1. The van der Waals surface area contributed by atoms with Gasteiger partial charge in [0.2, 0.25) is 5.91 Å². The standard InChI is InChI=1S/C19H14ClN3O/c20-13-5-6-17-14(9-13)15(11-22-17)19(7-8-19)18(24)23-16-4-2-1-3-12(16)10-21/h1-6,9,11,22H,7-8H2,(H,23,24). The van der Waals surface area contributed by atoms with Crippen LogP contribution in [0.25, 0.3) is 10.9 Å². The number of carbonyl (C=O) groups is 1. The Morgan fingerprint density at radius 1 is 1.25 bits per heavy atom. The van der Waals surface area contributed by atoms with Gasteiger partial charge in [-0.05, 0) is 48.7 Å². The zero-order valence-electron chi connectivity index (χ0n) is 12.8. The minimum Gasteiger partial charge on any atom is -0.361 e. The number of fused-ring (bicyclic) bond motifs is 1. The quantitative estimate of drug-likeness (QED) is 0.746. The summed E-state index contributed by atoms with van der Waals surface area (Å²) >= 11 is 6.12. The van der Waals surface area contributed by atoms with Gasteiger partial charge in [-0.1, -0.05) is 23.7 Å². The predicted octanol–water partition coefficient (Wildman–Crippen LogP) is 4.36. The number of nitrogens with one attached hydrogen (secondary N) is 2. The molecule has 4 nitrogen and oxygen atoms in total. The molecule has 4 rings (SSSR count). The lowest BCUT2D eigenvalue weighted by Gasteiger charge is -2.15. The molecule has 0 aliphatic heterocycles. The molecule has 2 aromatic carbocycles. The van der Waals surface area contributed by atoms with Crippen LogP contribution in [-0.4, -0.2) is 10.9 Å². The van der Waals surface area contributed by atoms with Gasteiger partial charge in [-0.2, -0.15) is 5.26 Å². The van der Waals surface area contributed by atoms with Crippen LogP contribution in [-0.2, 0) is 10.2 Å². The van der Waals surface area contributed by atoms with E-state index < -0.39 is 5.41 Å². The highest BCUT2D eigenvalue weighted by Gasteiger charge is 2.52. The fraction of sp³-hybridized carbons (Fsp3) is 0.158. The molecule has 1 aliphatic rings. The van der Waals surface area contributed by atoms with E-state index in [1.165, 1.54) is 0 Å². The van der Waals surface area contributed by atoms with E-state index in [0.29, 0.717) is 16.3 Å². The zero-order valence-corrected chi connectivity index (χ0v) is 13.5. The van der Waals surface area contributed by atoms with Crippen molar-refractivity contribution in [2.45, 2.75) is 18.3 Å². The molecule has 24 heavy (non-hydrogen) atoms. The molecule has 3 aromatic rings. The number of carbonyl (C=O) groups excluding carboxylic acids is 1. The van der Waals surface area contributed by atoms with Gasteiger partial charge in [0.25, 0.3) is 0 Å². The van der Waals surface area contributed by atoms with Crippen LogP contribution in [0.5, 0.6) is 0 Å². The monoisotopic (exact) mass is 335 g/mol. The van der Waals surface area contributed by atoms with Gasteiger partial charge >= 0.3 is 0 Å². The second-order valence-electron chi connectivity index (χ2n) is 6.09. The van der Waals surface area contributed by atoms with Gasteiger partial charge in [0.15, 0.2) is 0 Å². The molecule has 1 amide bonds. The van der Waals surface area contributed by atoms with Crippen LogP contribution in [0.4, 0.5) is 5.69 Å². The smallest absolute Gasteiger partial charge is 0.235 e. The molecule has 5 heteroatoms. The van der Waals surface area contributed by atoms with Crippen LogP contribution in [0.3, 0.4) is 0 Å². The maximum absolute atomic E-state index is 12.9. The summed E-state index contributed by atoms with van der Waals surface area (Å²) in [4.78, 5) is 16.1. The molecule has 0 bridgehead atoms. The Morgan fingerprint density at radius 3 is 2.79 bits per heavy atom. The third-order valence-electron chi connectivity index (χ3n) is 4.64. The third kappa shape index (κ3) is 2.26. The minimum absolute atomic E-state index is 0.0777. The number of H-pyrrole nitrogens is 1. The van der Waals surface area contributed by atoms with Gasteiger partial charge in [0.1, 0.15) is 6.07 Å². The number of nitriles is 1. The van der Waals surface area contributed by atoms with E-state index in [9.17, 15) is 10.1 Å². The number of hydrogen-bond acceptors (Lipinski definition) is 2. The highest BCUT2D eigenvalue weighted by atomic mass is 35.5. The summed E-state index contributed by atoms with van der Waals surface area (Å²) in [5.74, 6) is -0.0777. The summed E-state index contributed by atoms with van der Waals surface area (Å²) in [5, 5.41) is 13.7. The van der Waals surface area contributed by atoms with Gasteiger partial charge in [-0.25, -0.2) is 0 Å². The normalized spacial score (nSPS) is 15.0. The van der Waals surface area contributed by atoms with Crippen LogP contribution in [0.2, 0.25) is 5.02 Å². The first-order valence-corrected chi connectivity index (χ1v) is 8.09. The summed E-state index contributed by atoms with van der Waals surface area (Å²) in [6.45, 7) is 0. The molecule has 1 saturated carbocycles. The first kappa shape index (κ1) is 14.8. The fourth-order valence-electron chi connectivity index (χ4n) is 3.16. The topological polar surface area (TPSA) is 68.7 Å². The molecule has 2 N–H and O–H groups in total. The Balaban J connectivity index is 1.71. The number of benzene rings is 2. The fourth-order valence-corrected chi connectivity index (χ4v) is 3.34. The molecule has 0 atom stereocenters. The number of para-hydroxylation sites is 1. The van der Waals surface area contributed by atoms with Crippen molar-refractivity contribution in [1.82, 2.24) is 4.98 Å². The summed E-state index contributed by atoms with van der Waals surface area (Å²) < 4.78 is 0. The van der Waals surface area contributed by atoms with Crippen LogP contribution < -0.4 is 5.32 Å². The van der Waals surface area contributed by atoms with Crippen molar-refractivity contribution in [2.24, 2.45) is 0 Å². The Hall–Kier alpha value is -2.77. The van der Waals surface area contributed by atoms with Crippen molar-refractivity contribution >= 4 is 34.1 Å².